The number of sulfonamides is 1. The van der Waals surface area contributed by atoms with Crippen LogP contribution >= 0.6 is 0 Å². The first kappa shape index (κ1) is 32.0. The second kappa shape index (κ2) is 14.2. The highest BCUT2D eigenvalue weighted by Gasteiger charge is 2.37. The van der Waals surface area contributed by atoms with Gasteiger partial charge in [0.1, 0.15) is 5.82 Å². The maximum Gasteiger partial charge on any atom is 0.417 e. The summed E-state index contributed by atoms with van der Waals surface area (Å²) < 4.78 is 80.0. The fraction of sp³-hybridized carbons (Fsp3) is 0.680. The van der Waals surface area contributed by atoms with Crippen molar-refractivity contribution in [2.75, 3.05) is 19.6 Å². The van der Waals surface area contributed by atoms with Crippen LogP contribution in [-0.4, -0.2) is 50.9 Å². The van der Waals surface area contributed by atoms with Crippen LogP contribution in [-0.2, 0) is 21.0 Å². The number of hydrogen-bond acceptors (Lipinski definition) is 5. The third-order valence-electron chi connectivity index (χ3n) is 6.46. The number of halogens is 4. The van der Waals surface area contributed by atoms with Gasteiger partial charge in [-0.25, -0.2) is 22.3 Å². The van der Waals surface area contributed by atoms with Crippen LogP contribution in [0, 0.1) is 17.7 Å². The number of hydrogen-bond donors (Lipinski definition) is 3. The fourth-order valence-corrected chi connectivity index (χ4v) is 5.76. The lowest BCUT2D eigenvalue weighted by atomic mass is 9.89. The molecule has 0 saturated heterocycles. The maximum atomic E-state index is 13.3. The number of imide groups is 1. The van der Waals surface area contributed by atoms with Gasteiger partial charge in [0.15, 0.2) is 0 Å². The zero-order valence-corrected chi connectivity index (χ0v) is 22.6. The number of rotatable bonds is 12. The Hall–Kier alpha value is -2.25. The van der Waals surface area contributed by atoms with Crippen molar-refractivity contribution in [2.24, 2.45) is 17.6 Å². The molecule has 1 fully saturated rings. The smallest absolute Gasteiger partial charge is 0.337 e. The molecule has 0 radical (unpaired) electrons. The largest absolute Gasteiger partial charge is 0.417 e. The van der Waals surface area contributed by atoms with E-state index in [1.54, 1.807) is 0 Å². The van der Waals surface area contributed by atoms with Gasteiger partial charge in [0.05, 0.1) is 16.5 Å². The third kappa shape index (κ3) is 9.81. The van der Waals surface area contributed by atoms with E-state index in [1.165, 1.54) is 6.42 Å². The van der Waals surface area contributed by atoms with Gasteiger partial charge in [-0.2, -0.15) is 13.2 Å². The number of amides is 3. The van der Waals surface area contributed by atoms with Gasteiger partial charge in [-0.1, -0.05) is 33.1 Å². The molecule has 1 aliphatic rings. The summed E-state index contributed by atoms with van der Waals surface area (Å²) in [6, 6.07) is -0.118. The van der Waals surface area contributed by atoms with Gasteiger partial charge >= 0.3 is 12.2 Å². The summed E-state index contributed by atoms with van der Waals surface area (Å²) in [7, 11) is -4.59. The Labute approximate surface area is 221 Å². The number of benzene rings is 1. The summed E-state index contributed by atoms with van der Waals surface area (Å²) in [5, 5.41) is 2.82. The first-order chi connectivity index (χ1) is 17.7. The highest BCUT2D eigenvalue weighted by atomic mass is 32.2. The Bertz CT molecular complexity index is 1040. The number of carbonyl (C=O) groups is 2. The van der Waals surface area contributed by atoms with E-state index in [4.69, 9.17) is 5.73 Å². The zero-order chi connectivity index (χ0) is 28.5. The Balaban J connectivity index is 1.98. The molecule has 0 heterocycles. The van der Waals surface area contributed by atoms with Crippen molar-refractivity contribution in [1.29, 1.82) is 0 Å². The second-order valence-corrected chi connectivity index (χ2v) is 11.9. The van der Waals surface area contributed by atoms with E-state index in [2.05, 4.69) is 10.0 Å². The van der Waals surface area contributed by atoms with Crippen LogP contribution in [0.3, 0.4) is 0 Å². The van der Waals surface area contributed by atoms with Crippen LogP contribution < -0.4 is 15.8 Å². The van der Waals surface area contributed by atoms with E-state index in [9.17, 15) is 35.6 Å². The Morgan fingerprint density at radius 3 is 2.39 bits per heavy atom. The summed E-state index contributed by atoms with van der Waals surface area (Å²) in [6.07, 6.45) is 1.01. The van der Waals surface area contributed by atoms with Gasteiger partial charge in [-0.05, 0) is 62.1 Å². The van der Waals surface area contributed by atoms with Gasteiger partial charge in [-0.3, -0.25) is 9.69 Å². The highest BCUT2D eigenvalue weighted by molar-refractivity contribution is 7.89. The minimum Gasteiger partial charge on any atom is -0.337 e. The van der Waals surface area contributed by atoms with Crippen LogP contribution in [0.5, 0.6) is 0 Å². The van der Waals surface area contributed by atoms with Crippen LogP contribution in [0.2, 0.25) is 0 Å². The summed E-state index contributed by atoms with van der Waals surface area (Å²) in [4.78, 5) is 25.8. The molecule has 3 amide bonds. The number of alkyl halides is 3. The minimum absolute atomic E-state index is 0.0345. The van der Waals surface area contributed by atoms with E-state index < -0.39 is 50.5 Å². The summed E-state index contributed by atoms with van der Waals surface area (Å²) in [5.41, 5.74) is 4.42. The molecule has 1 aliphatic carbocycles. The molecule has 0 aliphatic heterocycles. The van der Waals surface area contributed by atoms with E-state index in [0.29, 0.717) is 31.0 Å². The number of carbonyl (C=O) groups excluding carboxylic acids is 2. The summed E-state index contributed by atoms with van der Waals surface area (Å²) >= 11 is 0. The third-order valence-corrected chi connectivity index (χ3v) is 7.98. The maximum absolute atomic E-state index is 13.3. The van der Waals surface area contributed by atoms with E-state index in [-0.39, 0.29) is 37.9 Å². The molecule has 13 heteroatoms. The minimum atomic E-state index is -5.06. The lowest BCUT2D eigenvalue weighted by molar-refractivity contribution is -0.140. The van der Waals surface area contributed by atoms with Crippen LogP contribution in [0.15, 0.2) is 23.1 Å². The van der Waals surface area contributed by atoms with Crippen molar-refractivity contribution in [1.82, 2.24) is 14.9 Å². The Kier molecular flexibility index (Phi) is 12.0. The molecule has 1 saturated carbocycles. The number of unbranched alkanes of at least 4 members (excludes halogenated alkanes) is 1. The second-order valence-electron chi connectivity index (χ2n) is 10.2. The number of nitrogens with one attached hydrogen (secondary N) is 2. The van der Waals surface area contributed by atoms with E-state index >= 15 is 0 Å². The monoisotopic (exact) mass is 566 g/mol. The Morgan fingerprint density at radius 2 is 1.79 bits per heavy atom. The van der Waals surface area contributed by atoms with Crippen molar-refractivity contribution in [3.05, 3.63) is 29.6 Å². The average Bonchev–Trinajstić information content (AvgIpc) is 2.83. The fourth-order valence-electron chi connectivity index (χ4n) is 4.48. The molecule has 2 rings (SSSR count). The van der Waals surface area contributed by atoms with E-state index in [0.717, 1.165) is 30.6 Å². The molecule has 4 N–H and O–H groups in total. The normalized spacial score (nSPS) is 15.9. The molecule has 1 atom stereocenters. The molecule has 0 spiro atoms. The predicted molar refractivity (Wildman–Crippen MR) is 135 cm³/mol. The van der Waals surface area contributed by atoms with Crippen molar-refractivity contribution < 1.29 is 35.6 Å². The number of urea groups is 1. The average molecular weight is 567 g/mol. The molecule has 0 unspecified atom stereocenters. The van der Waals surface area contributed by atoms with Gasteiger partial charge in [-0.15, -0.1) is 0 Å². The SMILES string of the molecule is CC(C)C[C@H](N)C(=O)N(CCCCNS(=O)(=O)c1ccc(F)cc1C(F)(F)F)C(=O)NCC1CCCCC1. The molecular weight excluding hydrogens is 528 g/mol. The first-order valence-corrected chi connectivity index (χ1v) is 14.4. The molecule has 0 bridgehead atoms. The van der Waals surface area contributed by atoms with E-state index in [1.807, 2.05) is 13.8 Å². The standard InChI is InChI=1S/C25H38F4N4O4S/c1-17(2)14-21(30)23(34)33(24(35)31-16-18-8-4-3-5-9-18)13-7-6-12-32-38(36,37)22-11-10-19(26)15-20(22)25(27,28)29/h10-11,15,17-18,21,32H,3-9,12-14,16,30H2,1-2H3,(H,31,35)/t21-/m0/s1. The van der Waals surface area contributed by atoms with Crippen molar-refractivity contribution in [3.63, 3.8) is 0 Å². The van der Waals surface area contributed by atoms with Crippen molar-refractivity contribution in [3.8, 4) is 0 Å². The molecule has 216 valence electrons. The Morgan fingerprint density at radius 1 is 1.13 bits per heavy atom. The van der Waals surface area contributed by atoms with Crippen LogP contribution in [0.1, 0.15) is 70.8 Å². The van der Waals surface area contributed by atoms with Crippen LogP contribution in [0.25, 0.3) is 0 Å². The van der Waals surface area contributed by atoms with Crippen molar-refractivity contribution >= 4 is 22.0 Å². The predicted octanol–water partition coefficient (Wildman–Crippen LogP) is 4.39. The number of nitrogens with zero attached hydrogens (tertiary/aromatic N) is 1. The quantitative estimate of drug-likeness (QED) is 0.256. The van der Waals surface area contributed by atoms with Gasteiger partial charge in [0, 0.05) is 19.6 Å². The molecule has 8 nitrogen and oxygen atoms in total. The van der Waals surface area contributed by atoms with Crippen molar-refractivity contribution in [2.45, 2.75) is 82.3 Å². The summed E-state index contributed by atoms with van der Waals surface area (Å²) in [5.74, 6) is -1.28. The molecule has 0 aromatic heterocycles. The molecule has 1 aromatic carbocycles. The van der Waals surface area contributed by atoms with Gasteiger partial charge in [0.2, 0.25) is 15.9 Å². The number of nitrogens with two attached hydrogens (primary N) is 1. The highest BCUT2D eigenvalue weighted by Crippen LogP contribution is 2.34. The van der Waals surface area contributed by atoms with Crippen LogP contribution in [0.4, 0.5) is 22.4 Å². The summed E-state index contributed by atoms with van der Waals surface area (Å²) in [6.45, 7) is 3.96. The molecular formula is C25H38F4N4O4S. The topological polar surface area (TPSA) is 122 Å². The molecule has 38 heavy (non-hydrogen) atoms. The van der Waals surface area contributed by atoms with Gasteiger partial charge in [0.25, 0.3) is 0 Å². The lowest BCUT2D eigenvalue weighted by Gasteiger charge is -2.27. The zero-order valence-electron chi connectivity index (χ0n) is 21.8. The first-order valence-electron chi connectivity index (χ1n) is 12.9. The molecule has 1 aromatic rings. The van der Waals surface area contributed by atoms with Gasteiger partial charge < -0.3 is 11.1 Å². The lowest BCUT2D eigenvalue weighted by Crippen LogP contribution is -2.52.